The van der Waals surface area contributed by atoms with E-state index in [4.69, 9.17) is 4.74 Å². The van der Waals surface area contributed by atoms with Gasteiger partial charge in [0.05, 0.1) is 24.5 Å². The zero-order chi connectivity index (χ0) is 15.9. The summed E-state index contributed by atoms with van der Waals surface area (Å²) in [7, 11) is -0.191. The highest BCUT2D eigenvalue weighted by Crippen LogP contribution is 2.16. The first-order valence-corrected chi connectivity index (χ1v) is 9.08. The van der Waals surface area contributed by atoms with Gasteiger partial charge in [0, 0.05) is 32.4 Å². The van der Waals surface area contributed by atoms with Crippen molar-refractivity contribution in [2.45, 2.75) is 19.8 Å². The Labute approximate surface area is 129 Å². The molecule has 0 fully saturated rings. The quantitative estimate of drug-likeness (QED) is 0.676. The number of rotatable bonds is 9. The Morgan fingerprint density at radius 1 is 1.48 bits per heavy atom. The predicted octanol–water partition coefficient (Wildman–Crippen LogP) is 0.942. The van der Waals surface area contributed by atoms with Crippen LogP contribution in [0.2, 0.25) is 0 Å². The molecule has 1 rings (SSSR count). The van der Waals surface area contributed by atoms with Crippen molar-refractivity contribution < 1.29 is 17.9 Å². The molecular weight excluding hydrogens is 314 g/mol. The van der Waals surface area contributed by atoms with Crippen molar-refractivity contribution in [3.8, 4) is 0 Å². The van der Waals surface area contributed by atoms with Crippen molar-refractivity contribution in [2.75, 3.05) is 38.3 Å². The molecule has 0 aromatic carbocycles. The smallest absolute Gasteiger partial charge is 0.306 e. The summed E-state index contributed by atoms with van der Waals surface area (Å²) in [4.78, 5) is 15.5. The Bertz CT molecular complexity index is 555. The van der Waals surface area contributed by atoms with Gasteiger partial charge in [0.2, 0.25) is 10.0 Å². The highest BCUT2D eigenvalue weighted by atomic mass is 32.2. The second kappa shape index (κ2) is 8.30. The van der Waals surface area contributed by atoms with Crippen LogP contribution < -0.4 is 5.32 Å². The van der Waals surface area contributed by atoms with Crippen LogP contribution in [0.5, 0.6) is 0 Å². The summed E-state index contributed by atoms with van der Waals surface area (Å²) in [6, 6.07) is 0. The number of aromatic nitrogens is 1. The van der Waals surface area contributed by atoms with E-state index in [-0.39, 0.29) is 11.7 Å². The highest BCUT2D eigenvalue weighted by Gasteiger charge is 2.13. The van der Waals surface area contributed by atoms with Crippen LogP contribution in [-0.2, 0) is 26.0 Å². The van der Waals surface area contributed by atoms with Crippen molar-refractivity contribution in [3.05, 3.63) is 11.1 Å². The minimum atomic E-state index is -3.20. The molecule has 0 aliphatic carbocycles. The molecule has 1 aromatic heterocycles. The van der Waals surface area contributed by atoms with Crippen LogP contribution in [0.3, 0.4) is 0 Å². The summed E-state index contributed by atoms with van der Waals surface area (Å²) >= 11 is 1.39. The van der Waals surface area contributed by atoms with Crippen LogP contribution in [0, 0.1) is 0 Å². The number of hydrogen-bond donors (Lipinski definition) is 1. The molecule has 21 heavy (non-hydrogen) atoms. The molecule has 0 aliphatic heterocycles. The largest absolute Gasteiger partial charge is 0.466 e. The lowest BCUT2D eigenvalue weighted by molar-refractivity contribution is -0.143. The Morgan fingerprint density at radius 3 is 2.81 bits per heavy atom. The molecule has 9 heteroatoms. The van der Waals surface area contributed by atoms with Crippen molar-refractivity contribution in [1.29, 1.82) is 0 Å². The van der Waals surface area contributed by atoms with E-state index in [2.05, 4.69) is 10.3 Å². The van der Waals surface area contributed by atoms with E-state index in [1.54, 1.807) is 6.92 Å². The Balaban J connectivity index is 2.37. The number of carbonyl (C=O) groups is 1. The van der Waals surface area contributed by atoms with Crippen LogP contribution in [0.25, 0.3) is 0 Å². The topological polar surface area (TPSA) is 88.6 Å². The van der Waals surface area contributed by atoms with Gasteiger partial charge in [-0.05, 0) is 6.92 Å². The molecule has 0 atom stereocenters. The minimum Gasteiger partial charge on any atom is -0.466 e. The number of nitrogens with zero attached hydrogens (tertiary/aromatic N) is 2. The lowest BCUT2D eigenvalue weighted by atomic mass is 10.2. The maximum atomic E-state index is 11.6. The Hall–Kier alpha value is -1.19. The number of esters is 1. The second-order valence-corrected chi connectivity index (χ2v) is 7.63. The van der Waals surface area contributed by atoms with Crippen molar-refractivity contribution >= 4 is 32.5 Å². The third-order valence-electron chi connectivity index (χ3n) is 2.63. The minimum absolute atomic E-state index is 0.0116. The normalized spacial score (nSPS) is 11.6. The van der Waals surface area contributed by atoms with Crippen LogP contribution in [0.4, 0.5) is 5.13 Å². The van der Waals surface area contributed by atoms with Gasteiger partial charge in [-0.15, -0.1) is 11.3 Å². The van der Waals surface area contributed by atoms with Crippen LogP contribution >= 0.6 is 11.3 Å². The number of hydrogen-bond acceptors (Lipinski definition) is 7. The summed E-state index contributed by atoms with van der Waals surface area (Å²) < 4.78 is 29.2. The fourth-order valence-corrected chi connectivity index (χ4v) is 2.93. The van der Waals surface area contributed by atoms with Crippen LogP contribution in [-0.4, -0.2) is 56.7 Å². The summed E-state index contributed by atoms with van der Waals surface area (Å²) in [5, 5.41) is 5.48. The van der Waals surface area contributed by atoms with Crippen LogP contribution in [0.15, 0.2) is 5.38 Å². The van der Waals surface area contributed by atoms with E-state index >= 15 is 0 Å². The molecule has 1 heterocycles. The average molecular weight is 335 g/mol. The molecule has 0 spiro atoms. The van der Waals surface area contributed by atoms with Gasteiger partial charge in [0.1, 0.15) is 0 Å². The van der Waals surface area contributed by atoms with Crippen molar-refractivity contribution in [1.82, 2.24) is 9.29 Å². The SMILES string of the molecule is CCOC(=O)CCc1csc(NCCS(=O)(=O)N(C)C)n1. The Morgan fingerprint density at radius 2 is 2.19 bits per heavy atom. The standard InChI is InChI=1S/C12H21N3O4S2/c1-4-19-11(16)6-5-10-9-20-12(14-10)13-7-8-21(17,18)15(2)3/h9H,4-8H2,1-3H3,(H,13,14). The molecule has 0 saturated carbocycles. The van der Waals surface area contributed by atoms with E-state index in [1.165, 1.54) is 29.7 Å². The van der Waals surface area contributed by atoms with E-state index in [0.29, 0.717) is 31.1 Å². The van der Waals surface area contributed by atoms with Crippen LogP contribution in [0.1, 0.15) is 19.0 Å². The van der Waals surface area contributed by atoms with Crippen molar-refractivity contribution in [3.63, 3.8) is 0 Å². The predicted molar refractivity (Wildman–Crippen MR) is 83.0 cm³/mol. The number of carbonyl (C=O) groups excluding carboxylic acids is 1. The number of anilines is 1. The van der Waals surface area contributed by atoms with E-state index < -0.39 is 10.0 Å². The van der Waals surface area contributed by atoms with E-state index in [1.807, 2.05) is 5.38 Å². The first kappa shape index (κ1) is 17.9. The molecule has 120 valence electrons. The number of thiazole rings is 1. The molecule has 1 N–H and O–H groups in total. The first-order valence-electron chi connectivity index (χ1n) is 6.59. The average Bonchev–Trinajstić information content (AvgIpc) is 2.84. The fourth-order valence-electron chi connectivity index (χ4n) is 1.44. The van der Waals surface area contributed by atoms with Gasteiger partial charge >= 0.3 is 5.97 Å². The zero-order valence-corrected chi connectivity index (χ0v) is 14.1. The summed E-state index contributed by atoms with van der Waals surface area (Å²) in [5.74, 6) is -0.227. The van der Waals surface area contributed by atoms with Gasteiger partial charge in [-0.1, -0.05) is 0 Å². The van der Waals surface area contributed by atoms with Gasteiger partial charge in [-0.3, -0.25) is 4.79 Å². The molecule has 0 radical (unpaired) electrons. The van der Waals surface area contributed by atoms with Gasteiger partial charge < -0.3 is 10.1 Å². The Kier molecular flexibility index (Phi) is 7.06. The van der Waals surface area contributed by atoms with Gasteiger partial charge in [-0.25, -0.2) is 17.7 Å². The van der Waals surface area contributed by atoms with Gasteiger partial charge in [-0.2, -0.15) is 0 Å². The number of nitrogens with one attached hydrogen (secondary N) is 1. The molecule has 7 nitrogen and oxygen atoms in total. The first-order chi connectivity index (χ1) is 9.85. The summed E-state index contributed by atoms with van der Waals surface area (Å²) in [6.45, 7) is 2.44. The summed E-state index contributed by atoms with van der Waals surface area (Å²) in [5.41, 5.74) is 0.797. The molecule has 0 amide bonds. The van der Waals surface area contributed by atoms with Crippen molar-refractivity contribution in [2.24, 2.45) is 0 Å². The monoisotopic (exact) mass is 335 g/mol. The number of ether oxygens (including phenoxy) is 1. The molecule has 0 bridgehead atoms. The summed E-state index contributed by atoms with van der Waals surface area (Å²) in [6.07, 6.45) is 0.818. The molecule has 0 saturated heterocycles. The third kappa shape index (κ3) is 6.40. The number of aryl methyl sites for hydroxylation is 1. The zero-order valence-electron chi connectivity index (χ0n) is 12.5. The maximum Gasteiger partial charge on any atom is 0.306 e. The molecule has 0 aliphatic rings. The fraction of sp³-hybridized carbons (Fsp3) is 0.667. The number of sulfonamides is 1. The molecular formula is C12H21N3O4S2. The second-order valence-electron chi connectivity index (χ2n) is 4.47. The van der Waals surface area contributed by atoms with Gasteiger partial charge in [0.15, 0.2) is 5.13 Å². The highest BCUT2D eigenvalue weighted by molar-refractivity contribution is 7.89. The van der Waals surface area contributed by atoms with E-state index in [0.717, 1.165) is 5.69 Å². The lowest BCUT2D eigenvalue weighted by Crippen LogP contribution is -2.28. The maximum absolute atomic E-state index is 11.6. The molecule has 0 unspecified atom stereocenters. The van der Waals surface area contributed by atoms with Gasteiger partial charge in [0.25, 0.3) is 0 Å². The lowest BCUT2D eigenvalue weighted by Gasteiger charge is -2.10. The molecule has 1 aromatic rings. The van der Waals surface area contributed by atoms with E-state index in [9.17, 15) is 13.2 Å². The third-order valence-corrected chi connectivity index (χ3v) is 5.32.